The van der Waals surface area contributed by atoms with Crippen molar-refractivity contribution < 1.29 is 14.5 Å². The fourth-order valence-corrected chi connectivity index (χ4v) is 4.45. The molecule has 10 nitrogen and oxygen atoms in total. The molecule has 4 aromatic rings. The Hall–Kier alpha value is -4.03. The number of hydrazine groups is 1. The lowest BCUT2D eigenvalue weighted by molar-refractivity contribution is -0.384. The highest BCUT2D eigenvalue weighted by molar-refractivity contribution is 7.99. The van der Waals surface area contributed by atoms with Crippen LogP contribution < -0.4 is 10.9 Å². The maximum Gasteiger partial charge on any atom is 0.269 e. The molecule has 0 saturated heterocycles. The number of nitro benzene ring substituents is 1. The van der Waals surface area contributed by atoms with Crippen molar-refractivity contribution in [3.63, 3.8) is 0 Å². The van der Waals surface area contributed by atoms with Gasteiger partial charge in [0.05, 0.1) is 22.1 Å². The average Bonchev–Trinajstić information content (AvgIpc) is 3.52. The van der Waals surface area contributed by atoms with Gasteiger partial charge in [0.1, 0.15) is 0 Å². The van der Waals surface area contributed by atoms with E-state index in [-0.39, 0.29) is 17.0 Å². The summed E-state index contributed by atoms with van der Waals surface area (Å²) in [5.41, 5.74) is 5.77. The zero-order valence-corrected chi connectivity index (χ0v) is 19.2. The van der Waals surface area contributed by atoms with Crippen molar-refractivity contribution in [3.05, 3.63) is 93.4 Å². The van der Waals surface area contributed by atoms with Gasteiger partial charge < -0.3 is 0 Å². The first-order chi connectivity index (χ1) is 16.5. The summed E-state index contributed by atoms with van der Waals surface area (Å²) in [6.45, 7) is 0.544. The van der Waals surface area contributed by atoms with Crippen LogP contribution in [0.2, 0.25) is 0 Å². The van der Waals surface area contributed by atoms with Gasteiger partial charge in [-0.2, -0.15) is 0 Å². The van der Waals surface area contributed by atoms with Crippen LogP contribution in [0.1, 0.15) is 15.9 Å². The fraction of sp³-hybridized carbons (Fsp3) is 0.0909. The van der Waals surface area contributed by atoms with Crippen LogP contribution in [-0.4, -0.2) is 37.3 Å². The molecular weight excluding hydrogens is 476 g/mol. The minimum atomic E-state index is -0.583. The summed E-state index contributed by atoms with van der Waals surface area (Å²) in [5, 5.41) is 21.8. The number of carbonyl (C=O) groups is 2. The maximum atomic E-state index is 12.3. The van der Waals surface area contributed by atoms with E-state index in [1.54, 1.807) is 11.3 Å². The van der Waals surface area contributed by atoms with Gasteiger partial charge in [-0.1, -0.05) is 48.2 Å². The Morgan fingerprint density at radius 3 is 2.44 bits per heavy atom. The molecule has 34 heavy (non-hydrogen) atoms. The van der Waals surface area contributed by atoms with Crippen molar-refractivity contribution in [2.45, 2.75) is 11.7 Å². The lowest BCUT2D eigenvalue weighted by atomic mass is 10.2. The van der Waals surface area contributed by atoms with Crippen LogP contribution in [0.5, 0.6) is 0 Å². The van der Waals surface area contributed by atoms with Crippen molar-refractivity contribution >= 4 is 40.6 Å². The summed E-state index contributed by atoms with van der Waals surface area (Å²) < 4.78 is 1.95. The zero-order valence-electron chi connectivity index (χ0n) is 17.6. The lowest BCUT2D eigenvalue weighted by Gasteiger charge is -2.10. The molecule has 0 bridgehead atoms. The molecule has 0 spiro atoms. The van der Waals surface area contributed by atoms with Crippen LogP contribution in [-0.2, 0) is 11.3 Å². The van der Waals surface area contributed by atoms with E-state index in [2.05, 4.69) is 21.0 Å². The number of nitrogens with zero attached hydrogens (tertiary/aromatic N) is 4. The summed E-state index contributed by atoms with van der Waals surface area (Å²) in [7, 11) is 0. The number of nitrogens with one attached hydrogen (secondary N) is 2. The lowest BCUT2D eigenvalue weighted by Crippen LogP contribution is -2.42. The van der Waals surface area contributed by atoms with Crippen LogP contribution >= 0.6 is 23.1 Å². The molecule has 12 heteroatoms. The van der Waals surface area contributed by atoms with Crippen molar-refractivity contribution in [2.24, 2.45) is 0 Å². The highest BCUT2D eigenvalue weighted by Crippen LogP contribution is 2.28. The van der Waals surface area contributed by atoms with Gasteiger partial charge in [-0.3, -0.25) is 35.1 Å². The van der Waals surface area contributed by atoms with E-state index in [4.69, 9.17) is 0 Å². The van der Waals surface area contributed by atoms with E-state index in [1.807, 2.05) is 52.4 Å². The second-order valence-corrected chi connectivity index (χ2v) is 8.84. The number of hydrogen-bond acceptors (Lipinski definition) is 8. The Bertz CT molecular complexity index is 1290. The number of rotatable bonds is 8. The Balaban J connectivity index is 1.38. The summed E-state index contributed by atoms with van der Waals surface area (Å²) in [4.78, 5) is 35.6. The first-order valence-electron chi connectivity index (χ1n) is 9.98. The third kappa shape index (κ3) is 5.66. The van der Waals surface area contributed by atoms with Crippen LogP contribution in [0.3, 0.4) is 0 Å². The molecule has 0 radical (unpaired) electrons. The molecule has 2 aromatic carbocycles. The van der Waals surface area contributed by atoms with Crippen LogP contribution in [0.15, 0.2) is 77.3 Å². The number of thiophene rings is 1. The van der Waals surface area contributed by atoms with Gasteiger partial charge >= 0.3 is 0 Å². The minimum absolute atomic E-state index is 0.00208. The molecule has 2 amide bonds. The highest BCUT2D eigenvalue weighted by atomic mass is 32.2. The Kier molecular flexibility index (Phi) is 7.30. The Morgan fingerprint density at radius 1 is 1.00 bits per heavy atom. The maximum absolute atomic E-state index is 12.3. The molecule has 0 fully saturated rings. The number of nitro groups is 1. The van der Waals surface area contributed by atoms with Crippen LogP contribution in [0, 0.1) is 10.1 Å². The van der Waals surface area contributed by atoms with E-state index < -0.39 is 16.7 Å². The van der Waals surface area contributed by atoms with Gasteiger partial charge in [0.15, 0.2) is 11.0 Å². The molecule has 2 aromatic heterocycles. The van der Waals surface area contributed by atoms with E-state index in [0.29, 0.717) is 17.5 Å². The van der Waals surface area contributed by atoms with Crippen molar-refractivity contribution in [2.75, 3.05) is 5.75 Å². The number of non-ortho nitro benzene ring substituents is 1. The van der Waals surface area contributed by atoms with Gasteiger partial charge in [-0.15, -0.1) is 21.5 Å². The zero-order chi connectivity index (χ0) is 23.9. The van der Waals surface area contributed by atoms with E-state index in [1.165, 1.54) is 36.0 Å². The molecule has 0 aliphatic rings. The molecule has 0 unspecified atom stereocenters. The first kappa shape index (κ1) is 23.1. The molecule has 4 rings (SSSR count). The quantitative estimate of drug-likeness (QED) is 0.218. The van der Waals surface area contributed by atoms with Crippen LogP contribution in [0.25, 0.3) is 10.7 Å². The van der Waals surface area contributed by atoms with E-state index in [0.717, 1.165) is 10.4 Å². The van der Waals surface area contributed by atoms with Gasteiger partial charge in [0, 0.05) is 17.7 Å². The SMILES string of the molecule is O=C(CSc1nnc(-c2cccs2)n1Cc1ccccc1)NNC(=O)c1ccc([N+](=O)[O-])cc1. The number of aromatic nitrogens is 3. The fourth-order valence-electron chi connectivity index (χ4n) is 2.99. The van der Waals surface area contributed by atoms with E-state index in [9.17, 15) is 19.7 Å². The predicted molar refractivity (Wildman–Crippen MR) is 128 cm³/mol. The molecule has 2 N–H and O–H groups in total. The van der Waals surface area contributed by atoms with Gasteiger partial charge in [0.2, 0.25) is 5.91 Å². The number of benzene rings is 2. The molecule has 0 aliphatic carbocycles. The Morgan fingerprint density at radius 2 is 1.76 bits per heavy atom. The third-order valence-electron chi connectivity index (χ3n) is 4.63. The molecule has 172 valence electrons. The minimum Gasteiger partial charge on any atom is -0.297 e. The average molecular weight is 495 g/mol. The second-order valence-electron chi connectivity index (χ2n) is 6.95. The first-order valence-corrected chi connectivity index (χ1v) is 11.9. The van der Waals surface area contributed by atoms with Crippen molar-refractivity contribution in [1.29, 1.82) is 0 Å². The third-order valence-corrected chi connectivity index (χ3v) is 6.46. The largest absolute Gasteiger partial charge is 0.297 e. The smallest absolute Gasteiger partial charge is 0.269 e. The summed E-state index contributed by atoms with van der Waals surface area (Å²) >= 11 is 2.75. The molecule has 0 saturated carbocycles. The number of carbonyl (C=O) groups excluding carboxylic acids is 2. The van der Waals surface area contributed by atoms with Gasteiger partial charge in [0.25, 0.3) is 11.6 Å². The predicted octanol–water partition coefficient (Wildman–Crippen LogP) is 3.52. The highest BCUT2D eigenvalue weighted by Gasteiger charge is 2.17. The van der Waals surface area contributed by atoms with E-state index >= 15 is 0 Å². The van der Waals surface area contributed by atoms with Gasteiger partial charge in [-0.05, 0) is 29.1 Å². The molecule has 0 aliphatic heterocycles. The number of hydrogen-bond donors (Lipinski definition) is 2. The molecular formula is C22H18N6O4S2. The van der Waals surface area contributed by atoms with Crippen molar-refractivity contribution in [3.8, 4) is 10.7 Å². The molecule has 2 heterocycles. The topological polar surface area (TPSA) is 132 Å². The standard InChI is InChI=1S/C22H18N6O4S2/c29-19(23-25-21(30)16-8-10-17(11-9-16)28(31)32)14-34-22-26-24-20(18-7-4-12-33-18)27(22)13-15-5-2-1-3-6-15/h1-12H,13-14H2,(H,23,29)(H,25,30). The second kappa shape index (κ2) is 10.7. The Labute approximate surface area is 202 Å². The van der Waals surface area contributed by atoms with Gasteiger partial charge in [-0.25, -0.2) is 0 Å². The normalized spacial score (nSPS) is 10.6. The summed E-state index contributed by atoms with van der Waals surface area (Å²) in [6, 6.07) is 18.8. The summed E-state index contributed by atoms with van der Waals surface area (Å²) in [5.74, 6) is -0.307. The monoisotopic (exact) mass is 494 g/mol. The molecule has 0 atom stereocenters. The number of thioether (sulfide) groups is 1. The van der Waals surface area contributed by atoms with Crippen LogP contribution in [0.4, 0.5) is 5.69 Å². The number of amides is 2. The summed E-state index contributed by atoms with van der Waals surface area (Å²) in [6.07, 6.45) is 0. The van der Waals surface area contributed by atoms with Crippen molar-refractivity contribution in [1.82, 2.24) is 25.6 Å².